The van der Waals surface area contributed by atoms with Crippen LogP contribution < -0.4 is 4.72 Å². The Labute approximate surface area is 123 Å². The van der Waals surface area contributed by atoms with Crippen LogP contribution in [-0.4, -0.2) is 18.4 Å². The van der Waals surface area contributed by atoms with Crippen molar-refractivity contribution >= 4 is 16.0 Å². The monoisotopic (exact) mass is 302 g/mol. The molecule has 21 heavy (non-hydrogen) atoms. The van der Waals surface area contributed by atoms with Gasteiger partial charge in [-0.3, -0.25) is 0 Å². The van der Waals surface area contributed by atoms with E-state index in [2.05, 4.69) is 14.7 Å². The van der Waals surface area contributed by atoms with E-state index in [0.717, 1.165) is 0 Å². The summed E-state index contributed by atoms with van der Waals surface area (Å²) in [5.74, 6) is 0.0400. The molecule has 1 N–H and O–H groups in total. The molecule has 2 rings (SSSR count). The third-order valence-electron chi connectivity index (χ3n) is 2.70. The Kier molecular flexibility index (Phi) is 4.19. The molecule has 1 aromatic carbocycles. The van der Waals surface area contributed by atoms with Crippen LogP contribution >= 0.6 is 0 Å². The number of hydrogen-bond acceptors (Lipinski definition) is 5. The van der Waals surface area contributed by atoms with Crippen molar-refractivity contribution in [3.8, 4) is 6.07 Å². The van der Waals surface area contributed by atoms with Gasteiger partial charge in [-0.2, -0.15) is 5.26 Å². The lowest BCUT2D eigenvalue weighted by molar-refractivity contribution is 0.600. The molecule has 108 valence electrons. The van der Waals surface area contributed by atoms with Crippen LogP contribution in [0.1, 0.15) is 17.0 Å². The first-order valence-corrected chi connectivity index (χ1v) is 7.70. The first kappa shape index (κ1) is 14.9. The lowest BCUT2D eigenvalue weighted by atomic mass is 10.2. The normalized spacial score (nSPS) is 10.9. The number of nitriles is 1. The number of aromatic nitrogens is 2. The van der Waals surface area contributed by atoms with Gasteiger partial charge in [0.1, 0.15) is 0 Å². The minimum absolute atomic E-state index is 0.0400. The third-order valence-corrected chi connectivity index (χ3v) is 4.03. The Balaban J connectivity index is 2.34. The number of sulfonamides is 1. The summed E-state index contributed by atoms with van der Waals surface area (Å²) in [6.07, 6.45) is 0.156. The zero-order valence-corrected chi connectivity index (χ0v) is 12.5. The van der Waals surface area contributed by atoms with E-state index >= 15 is 0 Å². The molecule has 1 heterocycles. The number of rotatable bonds is 4. The van der Waals surface area contributed by atoms with Crippen molar-refractivity contribution in [3.05, 3.63) is 47.3 Å². The second-order valence-corrected chi connectivity index (χ2v) is 6.24. The highest BCUT2D eigenvalue weighted by molar-refractivity contribution is 7.92. The summed E-state index contributed by atoms with van der Waals surface area (Å²) >= 11 is 0. The second kappa shape index (κ2) is 5.89. The quantitative estimate of drug-likeness (QED) is 0.931. The molecule has 7 heteroatoms. The molecule has 1 aromatic heterocycles. The maximum atomic E-state index is 12.3. The van der Waals surface area contributed by atoms with Gasteiger partial charge in [0.2, 0.25) is 5.95 Å². The average Bonchev–Trinajstić information content (AvgIpc) is 2.37. The standard InChI is InChI=1S/C14H14N4O2S/c1-10-8-11(2)17-14(16-10)18-21(19,20)13-5-3-4-12(9-13)6-7-15/h3-5,8-9H,6H2,1-2H3,(H,16,17,18). The first-order valence-electron chi connectivity index (χ1n) is 6.22. The first-order chi connectivity index (χ1) is 9.90. The van der Waals surface area contributed by atoms with Crippen LogP contribution in [0.2, 0.25) is 0 Å². The van der Waals surface area contributed by atoms with Crippen LogP contribution in [0, 0.1) is 25.2 Å². The summed E-state index contributed by atoms with van der Waals surface area (Å²) in [5.41, 5.74) is 2.00. The van der Waals surface area contributed by atoms with Crippen LogP contribution in [0.25, 0.3) is 0 Å². The van der Waals surface area contributed by atoms with E-state index in [-0.39, 0.29) is 17.3 Å². The number of anilines is 1. The summed E-state index contributed by atoms with van der Waals surface area (Å²) in [4.78, 5) is 8.18. The van der Waals surface area contributed by atoms with Crippen LogP contribution in [0.5, 0.6) is 0 Å². The SMILES string of the molecule is Cc1cc(C)nc(NS(=O)(=O)c2cccc(CC#N)c2)n1. The van der Waals surface area contributed by atoms with Crippen LogP contribution in [0.4, 0.5) is 5.95 Å². The highest BCUT2D eigenvalue weighted by atomic mass is 32.2. The van der Waals surface area contributed by atoms with Gasteiger partial charge in [0.15, 0.2) is 0 Å². The lowest BCUT2D eigenvalue weighted by Gasteiger charge is -2.08. The van der Waals surface area contributed by atoms with Gasteiger partial charge < -0.3 is 0 Å². The number of hydrogen-bond donors (Lipinski definition) is 1. The number of nitrogens with one attached hydrogen (secondary N) is 1. The number of nitrogens with zero attached hydrogens (tertiary/aromatic N) is 3. The van der Waals surface area contributed by atoms with E-state index in [1.807, 2.05) is 6.07 Å². The Hall–Kier alpha value is -2.46. The minimum atomic E-state index is -3.77. The summed E-state index contributed by atoms with van der Waals surface area (Å²) in [6, 6.07) is 9.98. The highest BCUT2D eigenvalue weighted by Gasteiger charge is 2.16. The molecule has 0 aliphatic carbocycles. The molecule has 0 bridgehead atoms. The molecule has 0 saturated heterocycles. The average molecular weight is 302 g/mol. The smallest absolute Gasteiger partial charge is 0.247 e. The molecule has 0 amide bonds. The molecule has 0 aliphatic heterocycles. The molecule has 0 atom stereocenters. The summed E-state index contributed by atoms with van der Waals surface area (Å²) < 4.78 is 27.0. The van der Waals surface area contributed by atoms with Gasteiger partial charge in [-0.1, -0.05) is 12.1 Å². The fourth-order valence-corrected chi connectivity index (χ4v) is 2.88. The Morgan fingerprint density at radius 1 is 1.19 bits per heavy atom. The molecule has 2 aromatic rings. The fraction of sp³-hybridized carbons (Fsp3) is 0.214. The Bertz CT molecular complexity index is 790. The second-order valence-electron chi connectivity index (χ2n) is 4.56. The molecular weight excluding hydrogens is 288 g/mol. The molecule has 0 saturated carbocycles. The van der Waals surface area contributed by atoms with Crippen molar-refractivity contribution in [2.45, 2.75) is 25.2 Å². The van der Waals surface area contributed by atoms with Gasteiger partial charge in [-0.25, -0.2) is 23.1 Å². The lowest BCUT2D eigenvalue weighted by Crippen LogP contribution is -2.16. The van der Waals surface area contributed by atoms with Gasteiger partial charge in [0, 0.05) is 11.4 Å². The Morgan fingerprint density at radius 3 is 2.48 bits per heavy atom. The van der Waals surface area contributed by atoms with E-state index in [0.29, 0.717) is 17.0 Å². The summed E-state index contributed by atoms with van der Waals surface area (Å²) in [5, 5.41) is 8.67. The number of benzene rings is 1. The van der Waals surface area contributed by atoms with E-state index in [4.69, 9.17) is 5.26 Å². The van der Waals surface area contributed by atoms with Gasteiger partial charge >= 0.3 is 0 Å². The predicted octanol–water partition coefficient (Wildman–Crippen LogP) is 1.96. The van der Waals surface area contributed by atoms with Crippen LogP contribution in [-0.2, 0) is 16.4 Å². The molecule has 0 aliphatic rings. The zero-order valence-electron chi connectivity index (χ0n) is 11.7. The fourth-order valence-electron chi connectivity index (χ4n) is 1.86. The van der Waals surface area contributed by atoms with E-state index in [9.17, 15) is 8.42 Å². The third kappa shape index (κ3) is 3.77. The molecule has 6 nitrogen and oxygen atoms in total. The van der Waals surface area contributed by atoms with Crippen molar-refractivity contribution in [2.75, 3.05) is 4.72 Å². The van der Waals surface area contributed by atoms with Crippen LogP contribution in [0.15, 0.2) is 35.2 Å². The van der Waals surface area contributed by atoms with Crippen LogP contribution in [0.3, 0.4) is 0 Å². The predicted molar refractivity (Wildman–Crippen MR) is 78.1 cm³/mol. The topological polar surface area (TPSA) is 95.7 Å². The maximum Gasteiger partial charge on any atom is 0.264 e. The minimum Gasteiger partial charge on any atom is -0.247 e. The number of aryl methyl sites for hydroxylation is 2. The van der Waals surface area contributed by atoms with Gasteiger partial charge in [0.05, 0.1) is 17.4 Å². The maximum absolute atomic E-state index is 12.3. The van der Waals surface area contributed by atoms with Gasteiger partial charge in [-0.15, -0.1) is 0 Å². The largest absolute Gasteiger partial charge is 0.264 e. The van der Waals surface area contributed by atoms with Crippen molar-refractivity contribution in [1.82, 2.24) is 9.97 Å². The molecule has 0 radical (unpaired) electrons. The van der Waals surface area contributed by atoms with Crippen molar-refractivity contribution in [2.24, 2.45) is 0 Å². The Morgan fingerprint density at radius 2 is 1.86 bits per heavy atom. The molecule has 0 fully saturated rings. The summed E-state index contributed by atoms with van der Waals surface area (Å²) in [6.45, 7) is 3.53. The van der Waals surface area contributed by atoms with Gasteiger partial charge in [-0.05, 0) is 37.6 Å². The van der Waals surface area contributed by atoms with E-state index < -0.39 is 10.0 Å². The van der Waals surface area contributed by atoms with Gasteiger partial charge in [0.25, 0.3) is 10.0 Å². The highest BCUT2D eigenvalue weighted by Crippen LogP contribution is 2.15. The molecule has 0 spiro atoms. The van der Waals surface area contributed by atoms with Crippen molar-refractivity contribution in [1.29, 1.82) is 5.26 Å². The van der Waals surface area contributed by atoms with Crippen molar-refractivity contribution < 1.29 is 8.42 Å². The summed E-state index contributed by atoms with van der Waals surface area (Å²) in [7, 11) is -3.77. The van der Waals surface area contributed by atoms with E-state index in [1.165, 1.54) is 12.1 Å². The van der Waals surface area contributed by atoms with Crippen molar-refractivity contribution in [3.63, 3.8) is 0 Å². The molecular formula is C14H14N4O2S. The molecule has 0 unspecified atom stereocenters. The zero-order chi connectivity index (χ0) is 15.5. The van der Waals surface area contributed by atoms with E-state index in [1.54, 1.807) is 32.0 Å².